The van der Waals surface area contributed by atoms with Gasteiger partial charge in [0, 0.05) is 19.5 Å². The van der Waals surface area contributed by atoms with Crippen molar-refractivity contribution in [2.75, 3.05) is 13.7 Å². The van der Waals surface area contributed by atoms with Crippen LogP contribution in [0.4, 0.5) is 4.39 Å². The Morgan fingerprint density at radius 1 is 1.18 bits per heavy atom. The Balaban J connectivity index is 1.38. The van der Waals surface area contributed by atoms with Gasteiger partial charge in [-0.3, -0.25) is 9.59 Å². The zero-order valence-electron chi connectivity index (χ0n) is 15.8. The lowest BCUT2D eigenvalue weighted by Crippen LogP contribution is -2.42. The van der Waals surface area contributed by atoms with Crippen LogP contribution in [0.2, 0.25) is 0 Å². The summed E-state index contributed by atoms with van der Waals surface area (Å²) in [5, 5.41) is 3.07. The van der Waals surface area contributed by atoms with E-state index in [0.717, 1.165) is 29.7 Å². The number of rotatable bonds is 6. The van der Waals surface area contributed by atoms with Crippen LogP contribution in [0, 0.1) is 5.82 Å². The number of nitrogens with zero attached hydrogens (tertiary/aromatic N) is 1. The second-order valence-corrected chi connectivity index (χ2v) is 7.59. The second-order valence-electron chi connectivity index (χ2n) is 7.59. The van der Waals surface area contributed by atoms with Crippen LogP contribution >= 0.6 is 0 Å². The monoisotopic (exact) mass is 382 g/mol. The maximum atomic E-state index is 13.0. The normalized spacial score (nSPS) is 20.1. The molecule has 0 radical (unpaired) electrons. The number of amides is 2. The fraction of sp³-hybridized carbons (Fsp3) is 0.364. The highest BCUT2D eigenvalue weighted by molar-refractivity contribution is 5.92. The third-order valence-corrected chi connectivity index (χ3v) is 5.66. The number of carbonyl (C=O) groups excluding carboxylic acids is 2. The van der Waals surface area contributed by atoms with Crippen LogP contribution in [0.3, 0.4) is 0 Å². The van der Waals surface area contributed by atoms with Gasteiger partial charge in [0.2, 0.25) is 11.8 Å². The van der Waals surface area contributed by atoms with Crippen molar-refractivity contribution in [1.29, 1.82) is 0 Å². The van der Waals surface area contributed by atoms with Gasteiger partial charge in [-0.25, -0.2) is 4.39 Å². The summed E-state index contributed by atoms with van der Waals surface area (Å²) in [6, 6.07) is 13.5. The highest BCUT2D eigenvalue weighted by Crippen LogP contribution is 2.48. The Morgan fingerprint density at radius 2 is 1.86 bits per heavy atom. The Morgan fingerprint density at radius 3 is 2.46 bits per heavy atom. The van der Waals surface area contributed by atoms with Gasteiger partial charge in [0.15, 0.2) is 0 Å². The molecule has 28 heavy (non-hydrogen) atoms. The number of benzene rings is 2. The van der Waals surface area contributed by atoms with Crippen LogP contribution in [0.1, 0.15) is 30.4 Å². The van der Waals surface area contributed by atoms with E-state index in [2.05, 4.69) is 5.32 Å². The third kappa shape index (κ3) is 3.59. The molecule has 1 saturated heterocycles. The Bertz CT molecular complexity index is 876. The van der Waals surface area contributed by atoms with E-state index in [1.54, 1.807) is 24.1 Å². The van der Waals surface area contributed by atoms with Crippen LogP contribution in [0.5, 0.6) is 5.75 Å². The van der Waals surface area contributed by atoms with Gasteiger partial charge in [0.1, 0.15) is 11.6 Å². The minimum absolute atomic E-state index is 0.00363. The van der Waals surface area contributed by atoms with Crippen molar-refractivity contribution in [3.05, 3.63) is 65.5 Å². The zero-order valence-corrected chi connectivity index (χ0v) is 15.8. The lowest BCUT2D eigenvalue weighted by atomic mass is 9.94. The van der Waals surface area contributed by atoms with E-state index in [1.165, 1.54) is 12.1 Å². The maximum absolute atomic E-state index is 13.0. The lowest BCUT2D eigenvalue weighted by Gasteiger charge is -2.20. The van der Waals surface area contributed by atoms with Crippen LogP contribution in [0.25, 0.3) is 0 Å². The van der Waals surface area contributed by atoms with Gasteiger partial charge < -0.3 is 15.0 Å². The molecular formula is C22H23FN2O3. The summed E-state index contributed by atoms with van der Waals surface area (Å²) in [6.07, 6.45) is 1.92. The summed E-state index contributed by atoms with van der Waals surface area (Å²) in [4.78, 5) is 27.0. The molecular weight excluding hydrogens is 359 g/mol. The average Bonchev–Trinajstić information content (AvgIpc) is 3.44. The summed E-state index contributed by atoms with van der Waals surface area (Å²) >= 11 is 0. The molecule has 0 bridgehead atoms. The molecule has 1 aliphatic heterocycles. The molecule has 0 aromatic heterocycles. The minimum Gasteiger partial charge on any atom is -0.497 e. The van der Waals surface area contributed by atoms with Crippen molar-refractivity contribution in [3.8, 4) is 5.75 Å². The van der Waals surface area contributed by atoms with Crippen LogP contribution in [-0.4, -0.2) is 36.4 Å². The van der Waals surface area contributed by atoms with Crippen molar-refractivity contribution < 1.29 is 18.7 Å². The number of methoxy groups -OCH3 is 1. The highest BCUT2D eigenvalue weighted by Gasteiger charge is 2.52. The first-order valence-electron chi connectivity index (χ1n) is 9.48. The molecule has 6 heteroatoms. The number of likely N-dealkylation sites (tertiary alicyclic amines) is 1. The molecule has 2 amide bonds. The van der Waals surface area contributed by atoms with Crippen molar-refractivity contribution >= 4 is 11.8 Å². The van der Waals surface area contributed by atoms with Gasteiger partial charge in [-0.15, -0.1) is 0 Å². The number of halogens is 1. The molecule has 5 nitrogen and oxygen atoms in total. The molecule has 1 N–H and O–H groups in total. The first kappa shape index (κ1) is 18.5. The molecule has 4 rings (SSSR count). The van der Waals surface area contributed by atoms with Crippen molar-refractivity contribution in [1.82, 2.24) is 10.2 Å². The predicted molar refractivity (Wildman–Crippen MR) is 102 cm³/mol. The van der Waals surface area contributed by atoms with Crippen molar-refractivity contribution in [2.24, 2.45) is 0 Å². The molecule has 0 unspecified atom stereocenters. The summed E-state index contributed by atoms with van der Waals surface area (Å²) in [5.74, 6) is 0.454. The highest BCUT2D eigenvalue weighted by atomic mass is 19.1. The van der Waals surface area contributed by atoms with Gasteiger partial charge in [-0.05, 0) is 48.2 Å². The molecule has 2 aromatic carbocycles. The van der Waals surface area contributed by atoms with Gasteiger partial charge in [-0.1, -0.05) is 24.3 Å². The molecule has 2 fully saturated rings. The van der Waals surface area contributed by atoms with E-state index in [1.807, 2.05) is 24.3 Å². The summed E-state index contributed by atoms with van der Waals surface area (Å²) in [7, 11) is 1.61. The van der Waals surface area contributed by atoms with Gasteiger partial charge in [0.05, 0.1) is 18.6 Å². The molecule has 2 aliphatic rings. The first-order valence-corrected chi connectivity index (χ1v) is 9.48. The van der Waals surface area contributed by atoms with E-state index >= 15 is 0 Å². The van der Waals surface area contributed by atoms with Gasteiger partial charge >= 0.3 is 0 Å². The standard InChI is InChI=1S/C22H23FN2O3/c1-28-19-8-4-16(5-9-19)22(10-11-22)21(27)24-18-12-20(26)25(14-18)13-15-2-6-17(23)7-3-15/h2-9,18H,10-14H2,1H3,(H,24,27)/t18-/m0/s1. The topological polar surface area (TPSA) is 58.6 Å². The quantitative estimate of drug-likeness (QED) is 0.836. The minimum atomic E-state index is -0.486. The number of hydrogen-bond donors (Lipinski definition) is 1. The zero-order chi connectivity index (χ0) is 19.7. The number of ether oxygens (including phenoxy) is 1. The first-order chi connectivity index (χ1) is 13.5. The summed E-state index contributed by atoms with van der Waals surface area (Å²) in [6.45, 7) is 0.899. The molecule has 2 aromatic rings. The Hall–Kier alpha value is -2.89. The smallest absolute Gasteiger partial charge is 0.230 e. The SMILES string of the molecule is COc1ccc(C2(C(=O)N[C@H]3CC(=O)N(Cc4ccc(F)cc4)C3)CC2)cc1. The predicted octanol–water partition coefficient (Wildman–Crippen LogP) is 2.78. The van der Waals surface area contributed by atoms with Crippen molar-refractivity contribution in [2.45, 2.75) is 37.3 Å². The second kappa shape index (κ2) is 7.26. The molecule has 1 atom stereocenters. The van der Waals surface area contributed by atoms with E-state index < -0.39 is 5.41 Å². The fourth-order valence-electron chi connectivity index (χ4n) is 3.84. The maximum Gasteiger partial charge on any atom is 0.230 e. The third-order valence-electron chi connectivity index (χ3n) is 5.66. The molecule has 0 spiro atoms. The number of hydrogen-bond acceptors (Lipinski definition) is 3. The van der Waals surface area contributed by atoms with E-state index in [9.17, 15) is 14.0 Å². The van der Waals surface area contributed by atoms with E-state index in [-0.39, 0.29) is 23.7 Å². The van der Waals surface area contributed by atoms with Crippen LogP contribution < -0.4 is 10.1 Å². The Kier molecular flexibility index (Phi) is 4.79. The van der Waals surface area contributed by atoms with Gasteiger partial charge in [0.25, 0.3) is 0 Å². The molecule has 1 aliphatic carbocycles. The van der Waals surface area contributed by atoms with E-state index in [4.69, 9.17) is 4.74 Å². The van der Waals surface area contributed by atoms with E-state index in [0.29, 0.717) is 19.5 Å². The lowest BCUT2D eigenvalue weighted by molar-refractivity contribution is -0.128. The molecule has 1 saturated carbocycles. The number of carbonyl (C=O) groups is 2. The number of nitrogens with one attached hydrogen (secondary N) is 1. The summed E-state index contributed by atoms with van der Waals surface area (Å²) in [5.41, 5.74) is 1.37. The average molecular weight is 382 g/mol. The Labute approximate surface area is 163 Å². The molecule has 146 valence electrons. The fourth-order valence-corrected chi connectivity index (χ4v) is 3.84. The molecule has 1 heterocycles. The van der Waals surface area contributed by atoms with Crippen LogP contribution in [0.15, 0.2) is 48.5 Å². The van der Waals surface area contributed by atoms with Crippen LogP contribution in [-0.2, 0) is 21.5 Å². The van der Waals surface area contributed by atoms with Crippen molar-refractivity contribution in [3.63, 3.8) is 0 Å². The largest absolute Gasteiger partial charge is 0.497 e. The summed E-state index contributed by atoms with van der Waals surface area (Å²) < 4.78 is 18.2. The van der Waals surface area contributed by atoms with Gasteiger partial charge in [-0.2, -0.15) is 0 Å².